The second-order valence-corrected chi connectivity index (χ2v) is 5.80. The SMILES string of the molecule is O=[S@](Cc1ccncc1)CC1CCNCC1. The van der Waals surface area contributed by atoms with E-state index in [1.54, 1.807) is 12.4 Å². The van der Waals surface area contributed by atoms with Crippen LogP contribution in [-0.2, 0) is 16.6 Å². The van der Waals surface area contributed by atoms with Crippen molar-refractivity contribution >= 4 is 10.8 Å². The smallest absolute Gasteiger partial charge is 0.0486 e. The summed E-state index contributed by atoms with van der Waals surface area (Å²) >= 11 is 0. The summed E-state index contributed by atoms with van der Waals surface area (Å²) in [6, 6.07) is 3.89. The van der Waals surface area contributed by atoms with E-state index < -0.39 is 10.8 Å². The quantitative estimate of drug-likeness (QED) is 0.860. The standard InChI is InChI=1S/C12H18N2OS/c15-16(9-11-1-5-13-6-2-11)10-12-3-7-14-8-4-12/h1-2,5-6,12,14H,3-4,7-10H2/t16-/m1/s1. The summed E-state index contributed by atoms with van der Waals surface area (Å²) in [5.74, 6) is 2.17. The maximum atomic E-state index is 12.0. The van der Waals surface area contributed by atoms with Crippen LogP contribution in [0.25, 0.3) is 0 Å². The van der Waals surface area contributed by atoms with Gasteiger partial charge in [0.25, 0.3) is 0 Å². The van der Waals surface area contributed by atoms with Crippen molar-refractivity contribution < 1.29 is 4.21 Å². The Morgan fingerprint density at radius 2 is 2.00 bits per heavy atom. The van der Waals surface area contributed by atoms with Crippen LogP contribution in [0.15, 0.2) is 24.5 Å². The van der Waals surface area contributed by atoms with Gasteiger partial charge in [-0.15, -0.1) is 0 Å². The lowest BCUT2D eigenvalue weighted by atomic mass is 10.0. The molecule has 0 radical (unpaired) electrons. The first-order chi connectivity index (χ1) is 7.84. The van der Waals surface area contributed by atoms with E-state index in [-0.39, 0.29) is 0 Å². The Morgan fingerprint density at radius 1 is 1.31 bits per heavy atom. The van der Waals surface area contributed by atoms with Crippen LogP contribution in [0.2, 0.25) is 0 Å². The fraction of sp³-hybridized carbons (Fsp3) is 0.583. The zero-order valence-electron chi connectivity index (χ0n) is 9.39. The molecule has 88 valence electrons. The lowest BCUT2D eigenvalue weighted by Gasteiger charge is -2.21. The van der Waals surface area contributed by atoms with Crippen LogP contribution in [0.3, 0.4) is 0 Å². The van der Waals surface area contributed by atoms with E-state index in [4.69, 9.17) is 0 Å². The molecule has 2 heterocycles. The van der Waals surface area contributed by atoms with Gasteiger partial charge in [-0.2, -0.15) is 0 Å². The average Bonchev–Trinajstić information content (AvgIpc) is 2.31. The second kappa shape index (κ2) is 6.11. The molecule has 1 aliphatic heterocycles. The summed E-state index contributed by atoms with van der Waals surface area (Å²) < 4.78 is 12.0. The van der Waals surface area contributed by atoms with Gasteiger partial charge in [0.15, 0.2) is 0 Å². The Bertz CT molecular complexity index is 336. The summed E-state index contributed by atoms with van der Waals surface area (Å²) in [5, 5.41) is 3.33. The van der Waals surface area contributed by atoms with Crippen molar-refractivity contribution in [3.8, 4) is 0 Å². The molecule has 1 saturated heterocycles. The van der Waals surface area contributed by atoms with Crippen LogP contribution in [0, 0.1) is 5.92 Å². The van der Waals surface area contributed by atoms with Gasteiger partial charge in [-0.05, 0) is 49.5 Å². The van der Waals surface area contributed by atoms with Gasteiger partial charge in [0.1, 0.15) is 0 Å². The second-order valence-electron chi connectivity index (χ2n) is 4.30. The van der Waals surface area contributed by atoms with Gasteiger partial charge in [-0.25, -0.2) is 0 Å². The molecule has 1 aromatic heterocycles. The molecule has 0 aliphatic carbocycles. The van der Waals surface area contributed by atoms with Gasteiger partial charge < -0.3 is 5.32 Å². The molecule has 0 aromatic carbocycles. The molecule has 0 saturated carbocycles. The lowest BCUT2D eigenvalue weighted by Crippen LogP contribution is -2.30. The Kier molecular flexibility index (Phi) is 4.48. The molecule has 1 aliphatic rings. The zero-order chi connectivity index (χ0) is 11.2. The van der Waals surface area contributed by atoms with Crippen molar-refractivity contribution in [2.45, 2.75) is 18.6 Å². The Hall–Kier alpha value is -0.740. The van der Waals surface area contributed by atoms with E-state index in [0.29, 0.717) is 11.7 Å². The van der Waals surface area contributed by atoms with Crippen LogP contribution < -0.4 is 5.32 Å². The summed E-state index contributed by atoms with van der Waals surface area (Å²) in [4.78, 5) is 3.96. The van der Waals surface area contributed by atoms with E-state index in [1.165, 1.54) is 12.8 Å². The van der Waals surface area contributed by atoms with E-state index in [1.807, 2.05) is 12.1 Å². The minimum atomic E-state index is -0.724. The molecule has 0 unspecified atom stereocenters. The summed E-state index contributed by atoms with van der Waals surface area (Å²) in [6.07, 6.45) is 5.86. The monoisotopic (exact) mass is 238 g/mol. The van der Waals surface area contributed by atoms with Crippen LogP contribution >= 0.6 is 0 Å². The molecule has 0 bridgehead atoms. The maximum Gasteiger partial charge on any atom is 0.0486 e. The molecule has 1 aromatic rings. The highest BCUT2D eigenvalue weighted by Crippen LogP contribution is 2.14. The maximum absolute atomic E-state index is 12.0. The van der Waals surface area contributed by atoms with Crippen LogP contribution in [0.1, 0.15) is 18.4 Å². The molecule has 3 nitrogen and oxygen atoms in total. The average molecular weight is 238 g/mol. The molecule has 4 heteroatoms. The molecular formula is C12H18N2OS. The Balaban J connectivity index is 1.80. The highest BCUT2D eigenvalue weighted by atomic mass is 32.2. The van der Waals surface area contributed by atoms with Crippen LogP contribution in [0.4, 0.5) is 0 Å². The van der Waals surface area contributed by atoms with Gasteiger partial charge >= 0.3 is 0 Å². The molecular weight excluding hydrogens is 220 g/mol. The molecule has 0 amide bonds. The Morgan fingerprint density at radius 3 is 2.69 bits per heavy atom. The van der Waals surface area contributed by atoms with Gasteiger partial charge in [0, 0.05) is 34.7 Å². The molecule has 16 heavy (non-hydrogen) atoms. The number of hydrogen-bond donors (Lipinski definition) is 1. The first-order valence-corrected chi connectivity index (χ1v) is 7.28. The minimum absolute atomic E-state index is 0.643. The van der Waals surface area contributed by atoms with Gasteiger partial charge in [0.05, 0.1) is 0 Å². The number of nitrogens with one attached hydrogen (secondary N) is 1. The zero-order valence-corrected chi connectivity index (χ0v) is 10.2. The number of pyridine rings is 1. The van der Waals surface area contributed by atoms with Crippen molar-refractivity contribution in [1.29, 1.82) is 0 Å². The molecule has 1 fully saturated rings. The van der Waals surface area contributed by atoms with E-state index >= 15 is 0 Å². The molecule has 0 spiro atoms. The fourth-order valence-electron chi connectivity index (χ4n) is 2.04. The predicted octanol–water partition coefficient (Wildman–Crippen LogP) is 1.33. The van der Waals surface area contributed by atoms with Gasteiger partial charge in [0.2, 0.25) is 0 Å². The largest absolute Gasteiger partial charge is 0.317 e. The van der Waals surface area contributed by atoms with Crippen molar-refractivity contribution in [3.05, 3.63) is 30.1 Å². The summed E-state index contributed by atoms with van der Waals surface area (Å²) in [7, 11) is -0.724. The lowest BCUT2D eigenvalue weighted by molar-refractivity contribution is 0.405. The topological polar surface area (TPSA) is 42.0 Å². The van der Waals surface area contributed by atoms with Gasteiger partial charge in [-0.1, -0.05) is 0 Å². The van der Waals surface area contributed by atoms with Gasteiger partial charge in [-0.3, -0.25) is 9.19 Å². The summed E-state index contributed by atoms with van der Waals surface area (Å²) in [5.41, 5.74) is 1.13. The number of piperidine rings is 1. The fourth-order valence-corrected chi connectivity index (χ4v) is 3.58. The normalized spacial score (nSPS) is 19.5. The predicted molar refractivity (Wildman–Crippen MR) is 66.5 cm³/mol. The third-order valence-corrected chi connectivity index (χ3v) is 4.46. The van der Waals surface area contributed by atoms with Crippen molar-refractivity contribution in [2.75, 3.05) is 18.8 Å². The van der Waals surface area contributed by atoms with Crippen molar-refractivity contribution in [2.24, 2.45) is 5.92 Å². The highest BCUT2D eigenvalue weighted by molar-refractivity contribution is 7.84. The molecule has 1 atom stereocenters. The van der Waals surface area contributed by atoms with Crippen LogP contribution in [-0.4, -0.2) is 28.0 Å². The third-order valence-electron chi connectivity index (χ3n) is 2.96. The van der Waals surface area contributed by atoms with E-state index in [0.717, 1.165) is 24.4 Å². The summed E-state index contributed by atoms with van der Waals surface area (Å²) in [6.45, 7) is 2.16. The number of aromatic nitrogens is 1. The van der Waals surface area contributed by atoms with E-state index in [9.17, 15) is 4.21 Å². The van der Waals surface area contributed by atoms with E-state index in [2.05, 4.69) is 10.3 Å². The first-order valence-electron chi connectivity index (χ1n) is 5.79. The molecule has 1 N–H and O–H groups in total. The number of nitrogens with zero attached hydrogens (tertiary/aromatic N) is 1. The Labute approximate surface area is 99.1 Å². The molecule has 2 rings (SSSR count). The number of rotatable bonds is 4. The van der Waals surface area contributed by atoms with Crippen molar-refractivity contribution in [3.63, 3.8) is 0 Å². The van der Waals surface area contributed by atoms with Crippen LogP contribution in [0.5, 0.6) is 0 Å². The first kappa shape index (κ1) is 11.7. The van der Waals surface area contributed by atoms with Crippen molar-refractivity contribution in [1.82, 2.24) is 10.3 Å². The number of hydrogen-bond acceptors (Lipinski definition) is 3. The highest BCUT2D eigenvalue weighted by Gasteiger charge is 2.15. The minimum Gasteiger partial charge on any atom is -0.317 e. The third kappa shape index (κ3) is 3.68.